The zero-order valence-electron chi connectivity index (χ0n) is 20.6. The summed E-state index contributed by atoms with van der Waals surface area (Å²) in [6, 6.07) is 6.09. The van der Waals surface area contributed by atoms with Crippen molar-refractivity contribution in [2.75, 3.05) is 55.4 Å². The van der Waals surface area contributed by atoms with Gasteiger partial charge in [0.2, 0.25) is 16.0 Å². The summed E-state index contributed by atoms with van der Waals surface area (Å²) in [6.07, 6.45) is 4.50. The normalized spacial score (nSPS) is 20.8. The smallest absolute Gasteiger partial charge is 0.260 e. The standard InChI is InChI=1S/C24H34N6O6S/c31-13-1-10-25-24-26-16-21(22(29-24)27-17-2-6-19(32)7-3-17)23(33)28-18-4-8-20(9-5-18)37(34,35)30-11-14-36-15-12-30/h4-5,8-9,16-17,19,31-32H,1-3,6-7,10-15H2,(H,28,33)(H2,25,26,27,29). The predicted octanol–water partition coefficient (Wildman–Crippen LogP) is 1.26. The number of sulfonamides is 1. The third-order valence-electron chi connectivity index (χ3n) is 6.41. The van der Waals surface area contributed by atoms with Crippen molar-refractivity contribution >= 4 is 33.4 Å². The number of ether oxygens (including phenoxy) is 1. The topological polar surface area (TPSA) is 166 Å². The van der Waals surface area contributed by atoms with Crippen molar-refractivity contribution < 1.29 is 28.2 Å². The first-order valence-corrected chi connectivity index (χ1v) is 14.0. The van der Waals surface area contributed by atoms with Crippen LogP contribution in [0.25, 0.3) is 0 Å². The maximum atomic E-state index is 13.2. The molecule has 5 N–H and O–H groups in total. The molecule has 4 rings (SSSR count). The molecule has 1 aliphatic heterocycles. The molecule has 0 bridgehead atoms. The van der Waals surface area contributed by atoms with Gasteiger partial charge in [0.1, 0.15) is 11.4 Å². The summed E-state index contributed by atoms with van der Waals surface area (Å²) in [5.41, 5.74) is 0.673. The van der Waals surface area contributed by atoms with Crippen LogP contribution in [0.15, 0.2) is 35.4 Å². The Balaban J connectivity index is 1.48. The van der Waals surface area contributed by atoms with Gasteiger partial charge in [-0.2, -0.15) is 9.29 Å². The van der Waals surface area contributed by atoms with Gasteiger partial charge in [0, 0.05) is 44.2 Å². The summed E-state index contributed by atoms with van der Waals surface area (Å²) in [5.74, 6) is 0.261. The number of carbonyl (C=O) groups excluding carboxylic acids is 1. The molecule has 0 atom stereocenters. The SMILES string of the molecule is O=C(Nc1ccc(S(=O)(=O)N2CCOCC2)cc1)c1cnc(NCCCO)nc1NC1CCC(O)CC1. The van der Waals surface area contributed by atoms with Crippen LogP contribution in [0.1, 0.15) is 42.5 Å². The highest BCUT2D eigenvalue weighted by Gasteiger charge is 2.26. The summed E-state index contributed by atoms with van der Waals surface area (Å²) >= 11 is 0. The first-order valence-electron chi connectivity index (χ1n) is 12.5. The number of morpholine rings is 1. The van der Waals surface area contributed by atoms with E-state index in [-0.39, 0.29) is 29.2 Å². The van der Waals surface area contributed by atoms with Gasteiger partial charge in [-0.3, -0.25) is 4.79 Å². The Morgan fingerprint density at radius 1 is 1.11 bits per heavy atom. The molecule has 0 spiro atoms. The van der Waals surface area contributed by atoms with E-state index in [0.717, 1.165) is 12.8 Å². The number of hydrogen-bond acceptors (Lipinski definition) is 10. The summed E-state index contributed by atoms with van der Waals surface area (Å²) in [4.78, 5) is 22.0. The summed E-state index contributed by atoms with van der Waals surface area (Å²) in [5, 5.41) is 28.0. The van der Waals surface area contributed by atoms with Crippen LogP contribution in [-0.2, 0) is 14.8 Å². The van der Waals surface area contributed by atoms with Crippen LogP contribution in [0.2, 0.25) is 0 Å². The Morgan fingerprint density at radius 2 is 1.81 bits per heavy atom. The molecule has 1 aromatic heterocycles. The average molecular weight is 535 g/mol. The van der Waals surface area contributed by atoms with E-state index in [1.165, 1.54) is 22.6 Å². The number of hydrogen-bond donors (Lipinski definition) is 5. The molecule has 37 heavy (non-hydrogen) atoms. The summed E-state index contributed by atoms with van der Waals surface area (Å²) in [6.45, 7) is 1.86. The number of aromatic nitrogens is 2. The molecule has 1 aliphatic carbocycles. The van der Waals surface area contributed by atoms with Gasteiger partial charge in [-0.15, -0.1) is 0 Å². The van der Waals surface area contributed by atoms with E-state index < -0.39 is 15.9 Å². The highest BCUT2D eigenvalue weighted by atomic mass is 32.2. The van der Waals surface area contributed by atoms with Gasteiger partial charge in [-0.05, 0) is 56.4 Å². The molecule has 1 amide bonds. The van der Waals surface area contributed by atoms with E-state index in [1.807, 2.05) is 0 Å². The molecule has 202 valence electrons. The largest absolute Gasteiger partial charge is 0.396 e. The van der Waals surface area contributed by atoms with Crippen molar-refractivity contribution in [3.8, 4) is 0 Å². The highest BCUT2D eigenvalue weighted by Crippen LogP contribution is 2.25. The van der Waals surface area contributed by atoms with Crippen LogP contribution in [0.5, 0.6) is 0 Å². The molecule has 13 heteroatoms. The number of rotatable bonds is 10. The van der Waals surface area contributed by atoms with Gasteiger partial charge >= 0.3 is 0 Å². The lowest BCUT2D eigenvalue weighted by Gasteiger charge is -2.27. The lowest BCUT2D eigenvalue weighted by Crippen LogP contribution is -2.40. The Morgan fingerprint density at radius 3 is 2.49 bits per heavy atom. The van der Waals surface area contributed by atoms with E-state index in [1.54, 1.807) is 12.1 Å². The van der Waals surface area contributed by atoms with Crippen LogP contribution in [0.4, 0.5) is 17.5 Å². The molecule has 1 saturated carbocycles. The molecule has 0 unspecified atom stereocenters. The molecule has 1 saturated heterocycles. The van der Waals surface area contributed by atoms with E-state index in [4.69, 9.17) is 9.84 Å². The van der Waals surface area contributed by atoms with Crippen LogP contribution < -0.4 is 16.0 Å². The second kappa shape index (κ2) is 12.6. The Bertz CT molecular complexity index is 1150. The van der Waals surface area contributed by atoms with E-state index in [9.17, 15) is 18.3 Å². The lowest BCUT2D eigenvalue weighted by atomic mass is 9.93. The summed E-state index contributed by atoms with van der Waals surface area (Å²) in [7, 11) is -3.63. The van der Waals surface area contributed by atoms with Crippen molar-refractivity contribution in [2.24, 2.45) is 0 Å². The average Bonchev–Trinajstić information content (AvgIpc) is 2.91. The minimum Gasteiger partial charge on any atom is -0.396 e. The van der Waals surface area contributed by atoms with Crippen molar-refractivity contribution in [1.29, 1.82) is 0 Å². The third kappa shape index (κ3) is 7.14. The van der Waals surface area contributed by atoms with Crippen LogP contribution in [0.3, 0.4) is 0 Å². The molecular formula is C24H34N6O6S. The number of nitrogens with one attached hydrogen (secondary N) is 3. The highest BCUT2D eigenvalue weighted by molar-refractivity contribution is 7.89. The fraction of sp³-hybridized carbons (Fsp3) is 0.542. The summed E-state index contributed by atoms with van der Waals surface area (Å²) < 4.78 is 32.3. The minimum absolute atomic E-state index is 0.0372. The fourth-order valence-corrected chi connectivity index (χ4v) is 5.69. The number of aliphatic hydroxyl groups excluding tert-OH is 2. The molecule has 2 heterocycles. The van der Waals surface area contributed by atoms with Gasteiger partial charge in [-0.1, -0.05) is 0 Å². The Labute approximate surface area is 216 Å². The zero-order valence-corrected chi connectivity index (χ0v) is 21.4. The van der Waals surface area contributed by atoms with Gasteiger partial charge in [0.05, 0.1) is 24.2 Å². The first-order chi connectivity index (χ1) is 17.9. The second-order valence-corrected chi connectivity index (χ2v) is 11.0. The van der Waals surface area contributed by atoms with E-state index >= 15 is 0 Å². The minimum atomic E-state index is -3.63. The lowest BCUT2D eigenvalue weighted by molar-refractivity contribution is 0.0730. The predicted molar refractivity (Wildman–Crippen MR) is 138 cm³/mol. The van der Waals surface area contributed by atoms with Gasteiger partial charge in [0.15, 0.2) is 0 Å². The maximum Gasteiger partial charge on any atom is 0.260 e. The molecule has 2 fully saturated rings. The van der Waals surface area contributed by atoms with Crippen LogP contribution in [0, 0.1) is 0 Å². The molecule has 2 aliphatic rings. The number of benzene rings is 1. The maximum absolute atomic E-state index is 13.2. The van der Waals surface area contributed by atoms with Crippen LogP contribution in [-0.4, -0.2) is 90.4 Å². The molecule has 0 radical (unpaired) electrons. The van der Waals surface area contributed by atoms with Crippen molar-refractivity contribution in [3.63, 3.8) is 0 Å². The monoisotopic (exact) mass is 534 g/mol. The zero-order chi connectivity index (χ0) is 26.3. The van der Waals surface area contributed by atoms with Crippen molar-refractivity contribution in [1.82, 2.24) is 14.3 Å². The molecule has 2 aromatic rings. The number of carbonyl (C=O) groups is 1. The van der Waals surface area contributed by atoms with E-state index in [0.29, 0.717) is 69.6 Å². The van der Waals surface area contributed by atoms with Gasteiger partial charge in [0.25, 0.3) is 5.91 Å². The van der Waals surface area contributed by atoms with Gasteiger partial charge < -0.3 is 30.9 Å². The number of nitrogens with zero attached hydrogens (tertiary/aromatic N) is 3. The number of amides is 1. The Kier molecular flexibility index (Phi) is 9.27. The number of anilines is 3. The molecular weight excluding hydrogens is 500 g/mol. The van der Waals surface area contributed by atoms with Crippen molar-refractivity contribution in [3.05, 3.63) is 36.0 Å². The van der Waals surface area contributed by atoms with Crippen LogP contribution >= 0.6 is 0 Å². The molecule has 1 aromatic carbocycles. The first kappa shape index (κ1) is 27.2. The fourth-order valence-electron chi connectivity index (χ4n) is 4.28. The van der Waals surface area contributed by atoms with Crippen molar-refractivity contribution in [2.45, 2.75) is 49.1 Å². The van der Waals surface area contributed by atoms with Gasteiger partial charge in [-0.25, -0.2) is 13.4 Å². The second-order valence-electron chi connectivity index (χ2n) is 9.10. The third-order valence-corrected chi connectivity index (χ3v) is 8.32. The quantitative estimate of drug-likeness (QED) is 0.280. The number of aliphatic hydroxyl groups is 2. The molecule has 12 nitrogen and oxygen atoms in total. The van der Waals surface area contributed by atoms with E-state index in [2.05, 4.69) is 25.9 Å². The Hall–Kier alpha value is -2.84.